The SMILES string of the molecule is CCNc1ncc2c(n1)N(C)CCN(c1cccc(-n3cnc(CN(C)CCc4ccccc4)c3)c1)C2=O. The van der Waals surface area contributed by atoms with Gasteiger partial charge >= 0.3 is 0 Å². The molecule has 0 saturated heterocycles. The van der Waals surface area contributed by atoms with Crippen LogP contribution in [-0.2, 0) is 13.0 Å². The quantitative estimate of drug-likeness (QED) is 0.366. The Labute approximate surface area is 223 Å². The maximum Gasteiger partial charge on any atom is 0.263 e. The molecule has 2 aromatic carbocycles. The Morgan fingerprint density at radius 3 is 2.66 bits per heavy atom. The second-order valence-corrected chi connectivity index (χ2v) is 9.61. The van der Waals surface area contributed by atoms with Gasteiger partial charge in [-0.3, -0.25) is 4.79 Å². The Balaban J connectivity index is 1.30. The molecule has 0 aliphatic carbocycles. The van der Waals surface area contributed by atoms with Crippen molar-refractivity contribution >= 4 is 23.4 Å². The third kappa shape index (κ3) is 5.68. The van der Waals surface area contributed by atoms with Crippen molar-refractivity contribution in [2.45, 2.75) is 19.9 Å². The van der Waals surface area contributed by atoms with Gasteiger partial charge in [-0.25, -0.2) is 9.97 Å². The summed E-state index contributed by atoms with van der Waals surface area (Å²) in [6.07, 6.45) is 6.52. The van der Waals surface area contributed by atoms with Crippen LogP contribution in [0.15, 0.2) is 73.3 Å². The molecule has 0 bridgehead atoms. The van der Waals surface area contributed by atoms with Gasteiger partial charge in [-0.05, 0) is 44.2 Å². The van der Waals surface area contributed by atoms with Crippen molar-refractivity contribution in [3.05, 3.63) is 90.1 Å². The topological polar surface area (TPSA) is 82.4 Å². The number of amides is 1. The number of rotatable bonds is 9. The van der Waals surface area contributed by atoms with E-state index in [2.05, 4.69) is 62.7 Å². The molecule has 4 aromatic rings. The molecule has 3 heterocycles. The van der Waals surface area contributed by atoms with Gasteiger partial charge < -0.3 is 24.6 Å². The predicted molar refractivity (Wildman–Crippen MR) is 151 cm³/mol. The number of anilines is 3. The maximum absolute atomic E-state index is 13.6. The molecular formula is C29H34N8O. The minimum atomic E-state index is -0.101. The van der Waals surface area contributed by atoms with E-state index in [1.807, 2.05) is 60.1 Å². The average molecular weight is 511 g/mol. The molecule has 196 valence electrons. The lowest BCUT2D eigenvalue weighted by Crippen LogP contribution is -2.33. The molecule has 2 aromatic heterocycles. The lowest BCUT2D eigenvalue weighted by molar-refractivity contribution is 0.0989. The van der Waals surface area contributed by atoms with Crippen LogP contribution in [0.25, 0.3) is 5.69 Å². The zero-order valence-corrected chi connectivity index (χ0v) is 22.2. The zero-order valence-electron chi connectivity index (χ0n) is 22.2. The summed E-state index contributed by atoms with van der Waals surface area (Å²) in [6, 6.07) is 18.5. The monoisotopic (exact) mass is 510 g/mol. The van der Waals surface area contributed by atoms with Crippen LogP contribution in [0.5, 0.6) is 0 Å². The Hall–Kier alpha value is -4.24. The first-order valence-corrected chi connectivity index (χ1v) is 13.0. The number of fused-ring (bicyclic) bond motifs is 1. The summed E-state index contributed by atoms with van der Waals surface area (Å²) in [6.45, 7) is 5.64. The second-order valence-electron chi connectivity index (χ2n) is 9.61. The molecule has 0 fully saturated rings. The van der Waals surface area contributed by atoms with Crippen LogP contribution in [0.2, 0.25) is 0 Å². The number of aromatic nitrogens is 4. The number of nitrogens with one attached hydrogen (secondary N) is 1. The number of likely N-dealkylation sites (N-methyl/N-ethyl adjacent to an activating group) is 2. The van der Waals surface area contributed by atoms with E-state index < -0.39 is 0 Å². The number of hydrogen-bond donors (Lipinski definition) is 1. The third-order valence-electron chi connectivity index (χ3n) is 6.73. The molecule has 1 aliphatic heterocycles. The zero-order chi connectivity index (χ0) is 26.5. The van der Waals surface area contributed by atoms with Crippen molar-refractivity contribution in [2.75, 3.05) is 55.4 Å². The molecular weight excluding hydrogens is 476 g/mol. The lowest BCUT2D eigenvalue weighted by Gasteiger charge is -2.21. The number of nitrogens with zero attached hydrogens (tertiary/aromatic N) is 7. The molecule has 1 amide bonds. The summed E-state index contributed by atoms with van der Waals surface area (Å²) in [5.74, 6) is 1.08. The normalized spacial score (nSPS) is 13.5. The Bertz CT molecular complexity index is 1390. The van der Waals surface area contributed by atoms with Gasteiger partial charge in [-0.15, -0.1) is 0 Å². The molecule has 9 heteroatoms. The first-order chi connectivity index (χ1) is 18.5. The smallest absolute Gasteiger partial charge is 0.263 e. The first kappa shape index (κ1) is 25.4. The highest BCUT2D eigenvalue weighted by molar-refractivity contribution is 6.09. The van der Waals surface area contributed by atoms with E-state index in [0.29, 0.717) is 30.4 Å². The van der Waals surface area contributed by atoms with Gasteiger partial charge in [0.15, 0.2) is 0 Å². The van der Waals surface area contributed by atoms with Crippen molar-refractivity contribution in [1.29, 1.82) is 0 Å². The van der Waals surface area contributed by atoms with Gasteiger partial charge in [0, 0.05) is 63.5 Å². The fourth-order valence-corrected chi connectivity index (χ4v) is 4.64. The van der Waals surface area contributed by atoms with E-state index in [1.165, 1.54) is 5.56 Å². The third-order valence-corrected chi connectivity index (χ3v) is 6.73. The van der Waals surface area contributed by atoms with Crippen LogP contribution in [0.4, 0.5) is 17.5 Å². The summed E-state index contributed by atoms with van der Waals surface area (Å²) >= 11 is 0. The van der Waals surface area contributed by atoms with E-state index in [0.717, 1.165) is 43.1 Å². The fraction of sp³-hybridized carbons (Fsp3) is 0.310. The van der Waals surface area contributed by atoms with Gasteiger partial charge in [0.1, 0.15) is 11.4 Å². The van der Waals surface area contributed by atoms with Crippen molar-refractivity contribution in [3.63, 3.8) is 0 Å². The highest BCUT2D eigenvalue weighted by Gasteiger charge is 2.28. The molecule has 1 N–H and O–H groups in total. The van der Waals surface area contributed by atoms with E-state index in [4.69, 9.17) is 0 Å². The van der Waals surface area contributed by atoms with Gasteiger partial charge in [0.2, 0.25) is 5.95 Å². The molecule has 0 saturated carbocycles. The Morgan fingerprint density at radius 1 is 1.03 bits per heavy atom. The molecule has 9 nitrogen and oxygen atoms in total. The molecule has 0 atom stereocenters. The van der Waals surface area contributed by atoms with Gasteiger partial charge in [0.25, 0.3) is 5.91 Å². The highest BCUT2D eigenvalue weighted by Crippen LogP contribution is 2.27. The van der Waals surface area contributed by atoms with Crippen molar-refractivity contribution in [3.8, 4) is 5.69 Å². The van der Waals surface area contributed by atoms with Crippen LogP contribution in [0.3, 0.4) is 0 Å². The van der Waals surface area contributed by atoms with Crippen LogP contribution >= 0.6 is 0 Å². The lowest BCUT2D eigenvalue weighted by atomic mass is 10.1. The molecule has 0 spiro atoms. The van der Waals surface area contributed by atoms with Gasteiger partial charge in [-0.1, -0.05) is 36.4 Å². The van der Waals surface area contributed by atoms with Crippen LogP contribution in [0.1, 0.15) is 28.5 Å². The van der Waals surface area contributed by atoms with E-state index in [1.54, 1.807) is 11.1 Å². The van der Waals surface area contributed by atoms with Crippen LogP contribution in [0, 0.1) is 0 Å². The maximum atomic E-state index is 13.6. The first-order valence-electron chi connectivity index (χ1n) is 13.0. The Morgan fingerprint density at radius 2 is 1.84 bits per heavy atom. The number of carbonyl (C=O) groups excluding carboxylic acids is 1. The predicted octanol–water partition coefficient (Wildman–Crippen LogP) is 3.87. The van der Waals surface area contributed by atoms with Gasteiger partial charge in [0.05, 0.1) is 12.0 Å². The summed E-state index contributed by atoms with van der Waals surface area (Å²) in [7, 11) is 4.08. The van der Waals surface area contributed by atoms with E-state index in [-0.39, 0.29) is 5.91 Å². The molecule has 5 rings (SSSR count). The van der Waals surface area contributed by atoms with Crippen LogP contribution < -0.4 is 15.1 Å². The fourth-order valence-electron chi connectivity index (χ4n) is 4.64. The van der Waals surface area contributed by atoms with E-state index >= 15 is 0 Å². The number of benzene rings is 2. The minimum absolute atomic E-state index is 0.101. The summed E-state index contributed by atoms with van der Waals surface area (Å²) in [4.78, 5) is 33.2. The summed E-state index contributed by atoms with van der Waals surface area (Å²) in [5, 5.41) is 3.12. The average Bonchev–Trinajstić information content (AvgIpc) is 3.36. The molecule has 38 heavy (non-hydrogen) atoms. The number of carbonyl (C=O) groups is 1. The highest BCUT2D eigenvalue weighted by atomic mass is 16.2. The van der Waals surface area contributed by atoms with E-state index in [9.17, 15) is 4.79 Å². The molecule has 0 unspecified atom stereocenters. The number of hydrogen-bond acceptors (Lipinski definition) is 7. The molecule has 1 aliphatic rings. The van der Waals surface area contributed by atoms with Crippen LogP contribution in [-0.4, -0.2) is 70.6 Å². The largest absolute Gasteiger partial charge is 0.357 e. The van der Waals surface area contributed by atoms with Crippen molar-refractivity contribution in [2.24, 2.45) is 0 Å². The second kappa shape index (κ2) is 11.4. The number of imidazole rings is 1. The van der Waals surface area contributed by atoms with Crippen molar-refractivity contribution in [1.82, 2.24) is 24.4 Å². The standard InChI is InChI=1S/C29H34N8O/c1-4-30-29-31-18-26-27(33-29)35(3)15-16-37(28(26)38)25-12-8-11-24(17-25)36-20-23(32-21-36)19-34(2)14-13-22-9-6-5-7-10-22/h5-12,17-18,20-21H,4,13-16,19H2,1-3H3,(H,30,31,33). The summed E-state index contributed by atoms with van der Waals surface area (Å²) in [5.41, 5.74) is 4.63. The summed E-state index contributed by atoms with van der Waals surface area (Å²) < 4.78 is 2.01. The van der Waals surface area contributed by atoms with Gasteiger partial charge in [-0.2, -0.15) is 4.98 Å². The minimum Gasteiger partial charge on any atom is -0.357 e. The Kier molecular flexibility index (Phi) is 7.65. The molecule has 0 radical (unpaired) electrons. The van der Waals surface area contributed by atoms with Crippen molar-refractivity contribution < 1.29 is 4.79 Å².